The van der Waals surface area contributed by atoms with Crippen LogP contribution in [0.25, 0.3) is 5.69 Å². The minimum atomic E-state index is -1.61. The van der Waals surface area contributed by atoms with E-state index in [0.717, 1.165) is 0 Å². The third-order valence-electron chi connectivity index (χ3n) is 7.61. The third-order valence-corrected chi connectivity index (χ3v) is 7.61. The Morgan fingerprint density at radius 1 is 0.510 bits per heavy atom. The van der Waals surface area contributed by atoms with Gasteiger partial charge in [-0.25, -0.2) is 19.2 Å². The fraction of sp³-hybridized carbons (Fsp3) is 0.100. The maximum absolute atomic E-state index is 13.7. The summed E-state index contributed by atoms with van der Waals surface area (Å²) in [6.45, 7) is -0.592. The van der Waals surface area contributed by atoms with Crippen LogP contribution >= 0.6 is 0 Å². The summed E-state index contributed by atoms with van der Waals surface area (Å²) in [5.74, 6) is -3.15. The van der Waals surface area contributed by atoms with Crippen LogP contribution in [-0.2, 0) is 18.9 Å². The van der Waals surface area contributed by atoms with Crippen molar-refractivity contribution in [3.05, 3.63) is 186 Å². The molecule has 0 unspecified atom stereocenters. The number of carbonyl (C=O) groups excluding carboxylic acids is 4. The molecule has 0 saturated carbocycles. The van der Waals surface area contributed by atoms with Gasteiger partial charge in [0.2, 0.25) is 0 Å². The molecule has 5 aromatic carbocycles. The number of aromatic nitrogens is 3. The van der Waals surface area contributed by atoms with E-state index < -0.39 is 48.8 Å². The van der Waals surface area contributed by atoms with Gasteiger partial charge < -0.3 is 18.9 Å². The SMILES string of the molecule is O=C(OC[C@@H](OC(=O)c1ccccc1)[C@H](OC(=O)c1ccccc1)[C@H](OC(=O)c1ccccc1)c1cnn(-c2ccccc2)n1)c1ccccc1. The van der Waals surface area contributed by atoms with Crippen molar-refractivity contribution in [2.24, 2.45) is 0 Å². The Bertz CT molecular complexity index is 2060. The molecule has 0 spiro atoms. The van der Waals surface area contributed by atoms with Crippen molar-refractivity contribution in [2.45, 2.75) is 18.3 Å². The summed E-state index contributed by atoms with van der Waals surface area (Å²) in [6, 6.07) is 41.6. The summed E-state index contributed by atoms with van der Waals surface area (Å²) in [5, 5.41) is 8.95. The maximum atomic E-state index is 13.7. The highest BCUT2D eigenvalue weighted by atomic mass is 16.6. The van der Waals surface area contributed by atoms with Crippen LogP contribution in [0.1, 0.15) is 53.2 Å². The average molecular weight is 682 g/mol. The first-order valence-electron chi connectivity index (χ1n) is 15.9. The zero-order chi connectivity index (χ0) is 35.4. The second-order valence-corrected chi connectivity index (χ2v) is 11.1. The van der Waals surface area contributed by atoms with Gasteiger partial charge in [-0.3, -0.25) is 0 Å². The minimum Gasteiger partial charge on any atom is -0.458 e. The zero-order valence-corrected chi connectivity index (χ0v) is 27.1. The number of hydrogen-bond acceptors (Lipinski definition) is 10. The number of carbonyl (C=O) groups is 4. The molecule has 0 aliphatic heterocycles. The number of rotatable bonds is 13. The second-order valence-electron chi connectivity index (χ2n) is 11.1. The Labute approximate surface area is 293 Å². The van der Waals surface area contributed by atoms with E-state index in [1.165, 1.54) is 23.1 Å². The van der Waals surface area contributed by atoms with Crippen LogP contribution < -0.4 is 0 Å². The van der Waals surface area contributed by atoms with E-state index in [2.05, 4.69) is 10.2 Å². The van der Waals surface area contributed by atoms with Crippen LogP contribution in [0.5, 0.6) is 0 Å². The molecule has 3 atom stereocenters. The highest BCUT2D eigenvalue weighted by Crippen LogP contribution is 2.30. The van der Waals surface area contributed by atoms with Gasteiger partial charge in [0.25, 0.3) is 0 Å². The first kappa shape index (κ1) is 34.0. The smallest absolute Gasteiger partial charge is 0.338 e. The lowest BCUT2D eigenvalue weighted by Gasteiger charge is -2.31. The van der Waals surface area contributed by atoms with Crippen molar-refractivity contribution in [1.82, 2.24) is 15.0 Å². The topological polar surface area (TPSA) is 136 Å². The number of esters is 4. The van der Waals surface area contributed by atoms with Crippen molar-refractivity contribution in [3.63, 3.8) is 0 Å². The molecule has 0 aliphatic rings. The van der Waals surface area contributed by atoms with E-state index in [1.807, 2.05) is 6.07 Å². The van der Waals surface area contributed by atoms with Gasteiger partial charge in [-0.2, -0.15) is 9.90 Å². The molecule has 0 aliphatic carbocycles. The van der Waals surface area contributed by atoms with Crippen LogP contribution in [0.15, 0.2) is 158 Å². The van der Waals surface area contributed by atoms with Crippen molar-refractivity contribution in [3.8, 4) is 5.69 Å². The minimum absolute atomic E-state index is 0.0594. The molecule has 51 heavy (non-hydrogen) atoms. The molecule has 254 valence electrons. The Morgan fingerprint density at radius 3 is 1.41 bits per heavy atom. The first-order valence-corrected chi connectivity index (χ1v) is 15.9. The van der Waals surface area contributed by atoms with Gasteiger partial charge in [-0.15, -0.1) is 5.10 Å². The van der Waals surface area contributed by atoms with Crippen molar-refractivity contribution < 1.29 is 38.1 Å². The number of nitrogens with zero attached hydrogens (tertiary/aromatic N) is 3. The van der Waals surface area contributed by atoms with Crippen LogP contribution in [-0.4, -0.2) is 57.7 Å². The Morgan fingerprint density at radius 2 is 0.922 bits per heavy atom. The van der Waals surface area contributed by atoms with Gasteiger partial charge >= 0.3 is 23.9 Å². The van der Waals surface area contributed by atoms with Gasteiger partial charge in [0.1, 0.15) is 12.3 Å². The van der Waals surface area contributed by atoms with Crippen LogP contribution in [0.3, 0.4) is 0 Å². The van der Waals surface area contributed by atoms with E-state index in [1.54, 1.807) is 133 Å². The normalized spacial score (nSPS) is 12.5. The van der Waals surface area contributed by atoms with Crippen molar-refractivity contribution in [2.75, 3.05) is 6.61 Å². The molecule has 0 bridgehead atoms. The number of para-hydroxylation sites is 1. The predicted octanol–water partition coefficient (Wildman–Crippen LogP) is 6.47. The van der Waals surface area contributed by atoms with E-state index in [4.69, 9.17) is 18.9 Å². The van der Waals surface area contributed by atoms with E-state index in [9.17, 15) is 19.2 Å². The van der Waals surface area contributed by atoms with E-state index in [0.29, 0.717) is 5.69 Å². The van der Waals surface area contributed by atoms with Gasteiger partial charge in [0, 0.05) is 0 Å². The van der Waals surface area contributed by atoms with Gasteiger partial charge in [0.05, 0.1) is 34.1 Å². The molecule has 6 aromatic rings. The van der Waals surface area contributed by atoms with Crippen molar-refractivity contribution in [1.29, 1.82) is 0 Å². The van der Waals surface area contributed by atoms with Crippen LogP contribution in [0.4, 0.5) is 0 Å². The largest absolute Gasteiger partial charge is 0.458 e. The van der Waals surface area contributed by atoms with Gasteiger partial charge in [-0.1, -0.05) is 91.0 Å². The monoisotopic (exact) mass is 681 g/mol. The Hall–Kier alpha value is -6.88. The Kier molecular flexibility index (Phi) is 11.0. The molecule has 1 aromatic heterocycles. The van der Waals surface area contributed by atoms with Gasteiger partial charge in [0.15, 0.2) is 18.3 Å². The summed E-state index contributed by atoms with van der Waals surface area (Å²) < 4.78 is 23.8. The molecule has 0 N–H and O–H groups in total. The lowest BCUT2D eigenvalue weighted by molar-refractivity contribution is -0.104. The molecule has 1 heterocycles. The molecule has 6 rings (SSSR count). The number of ether oxygens (including phenoxy) is 4. The average Bonchev–Trinajstić information content (AvgIpc) is 3.69. The zero-order valence-electron chi connectivity index (χ0n) is 27.1. The highest BCUT2D eigenvalue weighted by molar-refractivity contribution is 5.91. The summed E-state index contributed by atoms with van der Waals surface area (Å²) in [4.78, 5) is 55.5. The van der Waals surface area contributed by atoms with Crippen LogP contribution in [0.2, 0.25) is 0 Å². The fourth-order valence-electron chi connectivity index (χ4n) is 5.03. The van der Waals surface area contributed by atoms with E-state index >= 15 is 0 Å². The Balaban J connectivity index is 1.44. The summed E-state index contributed by atoms with van der Waals surface area (Å²) >= 11 is 0. The molecule has 0 fully saturated rings. The first-order chi connectivity index (χ1) is 25.0. The lowest BCUT2D eigenvalue weighted by Crippen LogP contribution is -2.44. The quantitative estimate of drug-likeness (QED) is 0.0985. The standard InChI is InChI=1S/C40H31N3O8/c44-37(28-16-6-1-7-17-28)48-27-34(49-38(45)29-18-8-2-9-19-29)36(51-40(47)31-22-12-4-13-23-31)35(50-39(46)30-20-10-3-11-21-30)33-26-41-43(42-33)32-24-14-5-15-25-32/h1-26,34-36H,27H2/t34-,35-,36+/m1/s1. The fourth-order valence-corrected chi connectivity index (χ4v) is 5.03. The molecule has 0 radical (unpaired) electrons. The molecule has 0 amide bonds. The van der Waals surface area contributed by atoms with Crippen LogP contribution in [0, 0.1) is 0 Å². The second kappa shape index (κ2) is 16.5. The van der Waals surface area contributed by atoms with Gasteiger partial charge in [-0.05, 0) is 60.7 Å². The molecule has 11 nitrogen and oxygen atoms in total. The summed E-state index contributed by atoms with van der Waals surface area (Å²) in [7, 11) is 0. The molecular weight excluding hydrogens is 650 g/mol. The maximum Gasteiger partial charge on any atom is 0.338 e. The molecule has 0 saturated heterocycles. The van der Waals surface area contributed by atoms with E-state index in [-0.39, 0.29) is 27.9 Å². The third kappa shape index (κ3) is 8.78. The lowest BCUT2D eigenvalue weighted by atomic mass is 10.0. The highest BCUT2D eigenvalue weighted by Gasteiger charge is 2.42. The van der Waals surface area contributed by atoms with Crippen molar-refractivity contribution >= 4 is 23.9 Å². The number of hydrogen-bond donors (Lipinski definition) is 0. The predicted molar refractivity (Wildman–Crippen MR) is 184 cm³/mol. The summed E-state index contributed by atoms with van der Waals surface area (Å²) in [6.07, 6.45) is -3.30. The summed E-state index contributed by atoms with van der Waals surface area (Å²) in [5.41, 5.74) is 1.43. The molecular formula is C40H31N3O8. The molecule has 11 heteroatoms. The number of benzene rings is 5.